The van der Waals surface area contributed by atoms with Crippen LogP contribution in [0, 0.1) is 13.8 Å². The molecular weight excluding hydrogens is 242 g/mol. The molecule has 3 heteroatoms. The highest BCUT2D eigenvalue weighted by atomic mass is 79.9. The van der Waals surface area contributed by atoms with Gasteiger partial charge in [0.1, 0.15) is 0 Å². The molecule has 72 valence electrons. The Bertz CT molecular complexity index is 462. The van der Waals surface area contributed by atoms with Crippen molar-refractivity contribution in [1.82, 2.24) is 4.98 Å². The fourth-order valence-corrected chi connectivity index (χ4v) is 1.89. The molecule has 0 radical (unpaired) electrons. The summed E-state index contributed by atoms with van der Waals surface area (Å²) >= 11 is 3.49. The molecule has 1 aromatic carbocycles. The van der Waals surface area contributed by atoms with E-state index in [0.717, 1.165) is 21.5 Å². The maximum atomic E-state index is 5.54. The number of oxazole rings is 1. The first-order chi connectivity index (χ1) is 6.68. The van der Waals surface area contributed by atoms with Crippen LogP contribution in [0.2, 0.25) is 0 Å². The Morgan fingerprint density at radius 3 is 2.50 bits per heavy atom. The van der Waals surface area contributed by atoms with E-state index in [1.807, 2.05) is 38.1 Å². The van der Waals surface area contributed by atoms with Crippen LogP contribution in [0.3, 0.4) is 0 Å². The van der Waals surface area contributed by atoms with Gasteiger partial charge < -0.3 is 4.42 Å². The van der Waals surface area contributed by atoms with Crippen LogP contribution in [0.4, 0.5) is 0 Å². The van der Waals surface area contributed by atoms with Crippen molar-refractivity contribution in [3.63, 3.8) is 0 Å². The zero-order valence-corrected chi connectivity index (χ0v) is 9.63. The molecule has 0 atom stereocenters. The van der Waals surface area contributed by atoms with Crippen LogP contribution in [-0.2, 0) is 0 Å². The van der Waals surface area contributed by atoms with Crippen LogP contribution in [0.15, 0.2) is 33.2 Å². The Labute approximate surface area is 91.1 Å². The predicted octanol–water partition coefficient (Wildman–Crippen LogP) is 3.72. The lowest BCUT2D eigenvalue weighted by molar-refractivity contribution is 0.534. The molecule has 0 fully saturated rings. The van der Waals surface area contributed by atoms with E-state index < -0.39 is 0 Å². The van der Waals surface area contributed by atoms with Crippen molar-refractivity contribution in [3.8, 4) is 11.3 Å². The van der Waals surface area contributed by atoms with Crippen molar-refractivity contribution in [2.75, 3.05) is 0 Å². The molecule has 0 spiro atoms. The van der Waals surface area contributed by atoms with Crippen molar-refractivity contribution < 1.29 is 4.42 Å². The van der Waals surface area contributed by atoms with Gasteiger partial charge in [-0.3, -0.25) is 0 Å². The summed E-state index contributed by atoms with van der Waals surface area (Å²) in [7, 11) is 0. The summed E-state index contributed by atoms with van der Waals surface area (Å²) in [6, 6.07) is 7.97. The van der Waals surface area contributed by atoms with Crippen LogP contribution < -0.4 is 0 Å². The zero-order chi connectivity index (χ0) is 10.1. The lowest BCUT2D eigenvalue weighted by Crippen LogP contribution is -1.79. The molecule has 0 aliphatic carbocycles. The molecule has 14 heavy (non-hydrogen) atoms. The highest BCUT2D eigenvalue weighted by Crippen LogP contribution is 2.30. The number of nitrogens with zero attached hydrogens (tertiary/aromatic N) is 1. The molecule has 0 saturated heterocycles. The number of benzene rings is 1. The average Bonchev–Trinajstić information content (AvgIpc) is 2.46. The summed E-state index contributed by atoms with van der Waals surface area (Å²) in [6.45, 7) is 3.80. The minimum Gasteiger partial charge on any atom is -0.441 e. The molecule has 0 bridgehead atoms. The van der Waals surface area contributed by atoms with Crippen LogP contribution in [0.5, 0.6) is 0 Å². The van der Waals surface area contributed by atoms with Gasteiger partial charge in [-0.25, -0.2) is 4.98 Å². The highest BCUT2D eigenvalue weighted by molar-refractivity contribution is 9.10. The number of hydrogen-bond acceptors (Lipinski definition) is 2. The smallest absolute Gasteiger partial charge is 0.192 e. The zero-order valence-electron chi connectivity index (χ0n) is 8.04. The number of rotatable bonds is 1. The second-order valence-electron chi connectivity index (χ2n) is 3.13. The van der Waals surface area contributed by atoms with Crippen molar-refractivity contribution >= 4 is 15.9 Å². The average molecular weight is 252 g/mol. The Hall–Kier alpha value is -1.09. The SMILES string of the molecule is Cc1nc(C)c(-c2ccccc2Br)o1. The quantitative estimate of drug-likeness (QED) is 0.773. The number of aromatic nitrogens is 1. The highest BCUT2D eigenvalue weighted by Gasteiger charge is 2.11. The molecule has 0 saturated carbocycles. The van der Waals surface area contributed by atoms with Crippen LogP contribution in [0.25, 0.3) is 11.3 Å². The predicted molar refractivity (Wildman–Crippen MR) is 59.1 cm³/mol. The van der Waals surface area contributed by atoms with Crippen LogP contribution >= 0.6 is 15.9 Å². The summed E-state index contributed by atoms with van der Waals surface area (Å²) in [6.07, 6.45) is 0. The van der Waals surface area contributed by atoms with E-state index in [4.69, 9.17) is 4.42 Å². The molecule has 0 aliphatic rings. The first kappa shape index (κ1) is 9.46. The second kappa shape index (κ2) is 3.58. The summed E-state index contributed by atoms with van der Waals surface area (Å²) in [4.78, 5) is 4.24. The lowest BCUT2D eigenvalue weighted by Gasteiger charge is -2.00. The molecule has 0 aliphatic heterocycles. The van der Waals surface area contributed by atoms with Crippen LogP contribution in [0.1, 0.15) is 11.6 Å². The van der Waals surface area contributed by atoms with Gasteiger partial charge in [0.2, 0.25) is 0 Å². The molecule has 0 amide bonds. The Morgan fingerprint density at radius 2 is 1.93 bits per heavy atom. The van der Waals surface area contributed by atoms with E-state index in [9.17, 15) is 0 Å². The van der Waals surface area contributed by atoms with Gasteiger partial charge in [-0.2, -0.15) is 0 Å². The van der Waals surface area contributed by atoms with E-state index in [0.29, 0.717) is 5.89 Å². The molecular formula is C11H10BrNO. The Morgan fingerprint density at radius 1 is 1.21 bits per heavy atom. The van der Waals surface area contributed by atoms with E-state index in [2.05, 4.69) is 20.9 Å². The van der Waals surface area contributed by atoms with E-state index in [1.54, 1.807) is 0 Å². The van der Waals surface area contributed by atoms with Gasteiger partial charge in [-0.05, 0) is 13.0 Å². The van der Waals surface area contributed by atoms with Crippen molar-refractivity contribution in [3.05, 3.63) is 40.3 Å². The monoisotopic (exact) mass is 251 g/mol. The van der Waals surface area contributed by atoms with E-state index >= 15 is 0 Å². The van der Waals surface area contributed by atoms with E-state index in [-0.39, 0.29) is 0 Å². The van der Waals surface area contributed by atoms with Gasteiger partial charge in [0, 0.05) is 17.0 Å². The third-order valence-electron chi connectivity index (χ3n) is 2.02. The van der Waals surface area contributed by atoms with Gasteiger partial charge >= 0.3 is 0 Å². The summed E-state index contributed by atoms with van der Waals surface area (Å²) < 4.78 is 6.57. The normalized spacial score (nSPS) is 10.5. The lowest BCUT2D eigenvalue weighted by atomic mass is 10.1. The van der Waals surface area contributed by atoms with Crippen molar-refractivity contribution in [2.24, 2.45) is 0 Å². The molecule has 1 heterocycles. The van der Waals surface area contributed by atoms with Crippen molar-refractivity contribution in [1.29, 1.82) is 0 Å². The minimum absolute atomic E-state index is 0.702. The summed E-state index contributed by atoms with van der Waals surface area (Å²) in [5.74, 6) is 1.54. The summed E-state index contributed by atoms with van der Waals surface area (Å²) in [5.41, 5.74) is 1.97. The largest absolute Gasteiger partial charge is 0.441 e. The maximum Gasteiger partial charge on any atom is 0.192 e. The first-order valence-corrected chi connectivity index (χ1v) is 5.16. The second-order valence-corrected chi connectivity index (χ2v) is 3.98. The van der Waals surface area contributed by atoms with Gasteiger partial charge in [0.15, 0.2) is 11.7 Å². The molecule has 0 unspecified atom stereocenters. The fraction of sp³-hybridized carbons (Fsp3) is 0.182. The molecule has 2 aromatic rings. The maximum absolute atomic E-state index is 5.54. The Kier molecular flexibility index (Phi) is 2.42. The number of halogens is 1. The van der Waals surface area contributed by atoms with Gasteiger partial charge in [0.25, 0.3) is 0 Å². The van der Waals surface area contributed by atoms with Crippen molar-refractivity contribution in [2.45, 2.75) is 13.8 Å². The molecule has 1 aromatic heterocycles. The molecule has 2 rings (SSSR count). The number of hydrogen-bond donors (Lipinski definition) is 0. The topological polar surface area (TPSA) is 26.0 Å². The number of aryl methyl sites for hydroxylation is 2. The third-order valence-corrected chi connectivity index (χ3v) is 2.71. The Balaban J connectivity index is 2.60. The van der Waals surface area contributed by atoms with Gasteiger partial charge in [-0.1, -0.05) is 34.1 Å². The van der Waals surface area contributed by atoms with Gasteiger partial charge in [0.05, 0.1) is 5.69 Å². The standard InChI is InChI=1S/C11H10BrNO/c1-7-11(14-8(2)13-7)9-5-3-4-6-10(9)12/h3-6H,1-2H3. The minimum atomic E-state index is 0.702. The summed E-state index contributed by atoms with van der Waals surface area (Å²) in [5, 5.41) is 0. The van der Waals surface area contributed by atoms with Crippen LogP contribution in [-0.4, -0.2) is 4.98 Å². The fourth-order valence-electron chi connectivity index (χ4n) is 1.43. The molecule has 0 N–H and O–H groups in total. The van der Waals surface area contributed by atoms with Gasteiger partial charge in [-0.15, -0.1) is 0 Å². The molecule has 2 nitrogen and oxygen atoms in total. The third kappa shape index (κ3) is 1.60. The van der Waals surface area contributed by atoms with E-state index in [1.165, 1.54) is 0 Å². The first-order valence-electron chi connectivity index (χ1n) is 4.37.